The Hall–Kier alpha value is -2.96. The maximum absolute atomic E-state index is 5.88. The molecular formula is C22H28N4O3. The van der Waals surface area contributed by atoms with Gasteiger partial charge in [-0.3, -0.25) is 4.68 Å². The predicted octanol–water partition coefficient (Wildman–Crippen LogP) is 4.10. The molecule has 1 atom stereocenters. The van der Waals surface area contributed by atoms with Crippen molar-refractivity contribution in [2.24, 2.45) is 0 Å². The van der Waals surface area contributed by atoms with Crippen LogP contribution in [0.25, 0.3) is 11.3 Å². The Morgan fingerprint density at radius 3 is 2.52 bits per heavy atom. The molecule has 3 heterocycles. The first-order valence-electron chi connectivity index (χ1n) is 10.00. The zero-order valence-electron chi connectivity index (χ0n) is 17.7. The molecule has 154 valence electrons. The number of hydrogen-bond donors (Lipinski definition) is 0. The highest BCUT2D eigenvalue weighted by Crippen LogP contribution is 2.41. The third-order valence-corrected chi connectivity index (χ3v) is 5.62. The summed E-state index contributed by atoms with van der Waals surface area (Å²) in [5.41, 5.74) is 5.43. The van der Waals surface area contributed by atoms with Crippen molar-refractivity contribution in [3.05, 3.63) is 41.6 Å². The first kappa shape index (κ1) is 19.4. The molecule has 0 radical (unpaired) electrons. The number of imidazole rings is 1. The van der Waals surface area contributed by atoms with E-state index in [0.717, 1.165) is 47.2 Å². The third kappa shape index (κ3) is 3.57. The summed E-state index contributed by atoms with van der Waals surface area (Å²) in [6.07, 6.45) is 4.58. The van der Waals surface area contributed by atoms with Gasteiger partial charge in [0, 0.05) is 30.3 Å². The third-order valence-electron chi connectivity index (χ3n) is 5.62. The molecule has 0 spiro atoms. The molecule has 1 aromatic carbocycles. The maximum atomic E-state index is 5.88. The summed E-state index contributed by atoms with van der Waals surface area (Å²) in [7, 11) is 1.67. The van der Waals surface area contributed by atoms with Crippen molar-refractivity contribution in [2.45, 2.75) is 46.7 Å². The summed E-state index contributed by atoms with van der Waals surface area (Å²) in [5.74, 6) is 2.21. The summed E-state index contributed by atoms with van der Waals surface area (Å²) in [6, 6.07) is 4.08. The molecule has 0 N–H and O–H groups in total. The Morgan fingerprint density at radius 1 is 1.14 bits per heavy atom. The first-order valence-corrected chi connectivity index (χ1v) is 10.00. The molecule has 7 heteroatoms. The van der Waals surface area contributed by atoms with Gasteiger partial charge in [0.2, 0.25) is 0 Å². The molecule has 0 saturated heterocycles. The van der Waals surface area contributed by atoms with E-state index in [4.69, 9.17) is 19.3 Å². The molecule has 0 fully saturated rings. The fourth-order valence-corrected chi connectivity index (χ4v) is 3.79. The van der Waals surface area contributed by atoms with Crippen LogP contribution in [0.15, 0.2) is 24.7 Å². The second kappa shape index (κ2) is 7.81. The van der Waals surface area contributed by atoms with Crippen molar-refractivity contribution in [3.8, 4) is 28.5 Å². The average Bonchev–Trinajstić information content (AvgIpc) is 3.17. The predicted molar refractivity (Wildman–Crippen MR) is 111 cm³/mol. The Labute approximate surface area is 171 Å². The topological polar surface area (TPSA) is 63.3 Å². The minimum atomic E-state index is 0.182. The number of rotatable bonds is 5. The molecule has 2 aromatic heterocycles. The highest BCUT2D eigenvalue weighted by molar-refractivity contribution is 5.72. The highest BCUT2D eigenvalue weighted by Gasteiger charge is 2.20. The Kier molecular flexibility index (Phi) is 5.22. The molecule has 4 rings (SSSR count). The largest absolute Gasteiger partial charge is 0.496 e. The van der Waals surface area contributed by atoms with Crippen molar-refractivity contribution < 1.29 is 14.2 Å². The van der Waals surface area contributed by atoms with Crippen LogP contribution in [0.5, 0.6) is 17.2 Å². The minimum Gasteiger partial charge on any atom is -0.496 e. The fraction of sp³-hybridized carbons (Fsp3) is 0.455. The van der Waals surface area contributed by atoms with Gasteiger partial charge < -0.3 is 18.8 Å². The van der Waals surface area contributed by atoms with Crippen LogP contribution in [0.4, 0.5) is 0 Å². The second-order valence-electron chi connectivity index (χ2n) is 7.57. The van der Waals surface area contributed by atoms with Gasteiger partial charge in [0.15, 0.2) is 11.5 Å². The fourth-order valence-electron chi connectivity index (χ4n) is 3.79. The molecule has 1 unspecified atom stereocenters. The van der Waals surface area contributed by atoms with E-state index in [-0.39, 0.29) is 6.04 Å². The summed E-state index contributed by atoms with van der Waals surface area (Å²) in [6.45, 7) is 10.5. The lowest BCUT2D eigenvalue weighted by atomic mass is 10.1. The van der Waals surface area contributed by atoms with E-state index >= 15 is 0 Å². The van der Waals surface area contributed by atoms with Gasteiger partial charge >= 0.3 is 0 Å². The van der Waals surface area contributed by atoms with Crippen LogP contribution < -0.4 is 14.2 Å². The van der Waals surface area contributed by atoms with E-state index < -0.39 is 0 Å². The number of aromatic nitrogens is 4. The monoisotopic (exact) mass is 396 g/mol. The van der Waals surface area contributed by atoms with Crippen molar-refractivity contribution >= 4 is 0 Å². The number of hydrogen-bond acceptors (Lipinski definition) is 5. The molecule has 1 aliphatic heterocycles. The molecule has 1 aliphatic rings. The van der Waals surface area contributed by atoms with Crippen LogP contribution in [-0.2, 0) is 6.54 Å². The van der Waals surface area contributed by atoms with Crippen LogP contribution in [0, 0.1) is 20.8 Å². The SMILES string of the molecule is COc1cc2c(cc1-c1cncn1CC(C)n1nc(C)c(C)c1C)OCCCO2. The first-order chi connectivity index (χ1) is 14.0. The molecule has 0 aliphatic carbocycles. The van der Waals surface area contributed by atoms with E-state index in [1.165, 1.54) is 11.3 Å². The number of methoxy groups -OCH3 is 1. The Morgan fingerprint density at radius 2 is 1.86 bits per heavy atom. The van der Waals surface area contributed by atoms with E-state index in [9.17, 15) is 0 Å². The summed E-state index contributed by atoms with van der Waals surface area (Å²) in [5, 5.41) is 4.72. The van der Waals surface area contributed by atoms with Crippen LogP contribution >= 0.6 is 0 Å². The molecule has 0 saturated carbocycles. The summed E-state index contributed by atoms with van der Waals surface area (Å²) < 4.78 is 21.6. The van der Waals surface area contributed by atoms with Crippen LogP contribution in [0.3, 0.4) is 0 Å². The lowest BCUT2D eigenvalue weighted by molar-refractivity contribution is 0.296. The highest BCUT2D eigenvalue weighted by atomic mass is 16.5. The van der Waals surface area contributed by atoms with Gasteiger partial charge in [-0.15, -0.1) is 0 Å². The van der Waals surface area contributed by atoms with E-state index in [0.29, 0.717) is 13.2 Å². The average molecular weight is 396 g/mol. The number of aryl methyl sites for hydroxylation is 1. The van der Waals surface area contributed by atoms with E-state index in [1.807, 2.05) is 24.7 Å². The summed E-state index contributed by atoms with van der Waals surface area (Å²) >= 11 is 0. The van der Waals surface area contributed by atoms with Gasteiger partial charge in [-0.1, -0.05) is 0 Å². The zero-order valence-corrected chi connectivity index (χ0v) is 17.7. The van der Waals surface area contributed by atoms with E-state index in [2.05, 4.69) is 41.9 Å². The lowest BCUT2D eigenvalue weighted by Crippen LogP contribution is -2.16. The Bertz CT molecular complexity index is 1020. The van der Waals surface area contributed by atoms with Gasteiger partial charge in [-0.05, 0) is 39.3 Å². The molecule has 3 aromatic rings. The second-order valence-corrected chi connectivity index (χ2v) is 7.57. The van der Waals surface area contributed by atoms with Crippen LogP contribution in [0.2, 0.25) is 0 Å². The van der Waals surface area contributed by atoms with Crippen molar-refractivity contribution in [3.63, 3.8) is 0 Å². The Balaban J connectivity index is 1.69. The summed E-state index contributed by atoms with van der Waals surface area (Å²) in [4.78, 5) is 4.40. The van der Waals surface area contributed by atoms with Gasteiger partial charge in [0.1, 0.15) is 5.75 Å². The number of fused-ring (bicyclic) bond motifs is 1. The maximum Gasteiger partial charge on any atom is 0.164 e. The van der Waals surface area contributed by atoms with Crippen molar-refractivity contribution in [2.75, 3.05) is 20.3 Å². The van der Waals surface area contributed by atoms with Gasteiger partial charge in [-0.25, -0.2) is 4.98 Å². The minimum absolute atomic E-state index is 0.182. The zero-order chi connectivity index (χ0) is 20.5. The van der Waals surface area contributed by atoms with E-state index in [1.54, 1.807) is 7.11 Å². The molecular weight excluding hydrogens is 368 g/mol. The lowest BCUT2D eigenvalue weighted by Gasteiger charge is -2.19. The smallest absolute Gasteiger partial charge is 0.164 e. The van der Waals surface area contributed by atoms with Crippen molar-refractivity contribution in [1.29, 1.82) is 0 Å². The number of benzene rings is 1. The number of ether oxygens (including phenoxy) is 3. The van der Waals surface area contributed by atoms with Crippen molar-refractivity contribution in [1.82, 2.24) is 19.3 Å². The van der Waals surface area contributed by atoms with Gasteiger partial charge in [-0.2, -0.15) is 5.10 Å². The van der Waals surface area contributed by atoms with Crippen LogP contribution in [-0.4, -0.2) is 39.7 Å². The van der Waals surface area contributed by atoms with Crippen LogP contribution in [0.1, 0.15) is 36.3 Å². The molecule has 0 bridgehead atoms. The molecule has 29 heavy (non-hydrogen) atoms. The quantitative estimate of drug-likeness (QED) is 0.650. The molecule has 0 amide bonds. The number of nitrogens with zero attached hydrogens (tertiary/aromatic N) is 4. The van der Waals surface area contributed by atoms with Gasteiger partial charge in [0.25, 0.3) is 0 Å². The standard InChI is InChI=1S/C22H28N4O3/c1-14(26-17(4)15(2)16(3)24-26)12-25-13-23-11-19(25)18-9-21-22(10-20(18)27-5)29-8-6-7-28-21/h9-11,13-14H,6-8,12H2,1-5H3. The normalized spacial score (nSPS) is 14.5. The molecule has 7 nitrogen and oxygen atoms in total. The van der Waals surface area contributed by atoms with Gasteiger partial charge in [0.05, 0.1) is 50.3 Å².